The first-order valence-corrected chi connectivity index (χ1v) is 10.5. The van der Waals surface area contributed by atoms with Crippen molar-refractivity contribution in [1.82, 2.24) is 0 Å². The van der Waals surface area contributed by atoms with E-state index in [2.05, 4.69) is 5.32 Å². The van der Waals surface area contributed by atoms with Crippen LogP contribution in [0.2, 0.25) is 0 Å². The Bertz CT molecular complexity index is 1490. The fraction of sp³-hybridized carbons (Fsp3) is 0.0370. The first kappa shape index (κ1) is 23.1. The van der Waals surface area contributed by atoms with Crippen LogP contribution in [0.15, 0.2) is 90.5 Å². The van der Waals surface area contributed by atoms with Crippen molar-refractivity contribution in [2.75, 3.05) is 5.32 Å². The Labute approximate surface area is 199 Å². The normalized spacial score (nSPS) is 11.0. The second-order valence-corrected chi connectivity index (χ2v) is 7.54. The number of fused-ring (bicyclic) bond motifs is 1. The summed E-state index contributed by atoms with van der Waals surface area (Å²) in [5, 5.41) is 24.7. The number of hydrogen-bond donors (Lipinski definition) is 1. The lowest BCUT2D eigenvalue weighted by atomic mass is 10.1. The Balaban J connectivity index is 1.45. The summed E-state index contributed by atoms with van der Waals surface area (Å²) < 4.78 is 19.9. The summed E-state index contributed by atoms with van der Waals surface area (Å²) in [6.45, 7) is 0.372. The Morgan fingerprint density at radius 2 is 1.80 bits per heavy atom. The van der Waals surface area contributed by atoms with Gasteiger partial charge in [-0.1, -0.05) is 54.6 Å². The minimum Gasteiger partial charge on any atom is -0.489 e. The van der Waals surface area contributed by atoms with Crippen molar-refractivity contribution in [3.8, 4) is 11.8 Å². The molecule has 0 atom stereocenters. The molecule has 0 spiro atoms. The van der Waals surface area contributed by atoms with Crippen molar-refractivity contribution in [1.29, 1.82) is 5.26 Å². The third-order valence-electron chi connectivity index (χ3n) is 5.24. The van der Waals surface area contributed by atoms with Gasteiger partial charge >= 0.3 is 0 Å². The lowest BCUT2D eigenvalue weighted by Crippen LogP contribution is -2.14. The van der Waals surface area contributed by atoms with E-state index in [-0.39, 0.29) is 16.9 Å². The maximum absolute atomic E-state index is 14.0. The molecule has 0 aromatic heterocycles. The number of halogens is 1. The van der Waals surface area contributed by atoms with Crippen molar-refractivity contribution >= 4 is 34.1 Å². The van der Waals surface area contributed by atoms with Crippen LogP contribution in [-0.2, 0) is 11.4 Å². The van der Waals surface area contributed by atoms with E-state index in [9.17, 15) is 24.6 Å². The Morgan fingerprint density at radius 1 is 1.06 bits per heavy atom. The fourth-order valence-electron chi connectivity index (χ4n) is 3.47. The summed E-state index contributed by atoms with van der Waals surface area (Å²) in [6.07, 6.45) is 1.33. The maximum Gasteiger partial charge on any atom is 0.271 e. The third kappa shape index (κ3) is 5.49. The lowest BCUT2D eigenvalue weighted by Gasteiger charge is -2.09. The van der Waals surface area contributed by atoms with Crippen LogP contribution < -0.4 is 10.1 Å². The average Bonchev–Trinajstić information content (AvgIpc) is 2.87. The minimum absolute atomic E-state index is 0.291. The number of amides is 1. The smallest absolute Gasteiger partial charge is 0.271 e. The van der Waals surface area contributed by atoms with Crippen molar-refractivity contribution in [2.45, 2.75) is 6.61 Å². The number of nitro benzene ring substituents is 1. The molecule has 0 fully saturated rings. The molecule has 0 radical (unpaired) electrons. The largest absolute Gasteiger partial charge is 0.489 e. The Kier molecular flexibility index (Phi) is 6.79. The molecule has 7 nitrogen and oxygen atoms in total. The number of anilines is 1. The van der Waals surface area contributed by atoms with Crippen LogP contribution in [0.25, 0.3) is 16.8 Å². The van der Waals surface area contributed by atoms with Gasteiger partial charge in [-0.25, -0.2) is 4.39 Å². The predicted octanol–water partition coefficient (Wildman–Crippen LogP) is 6.01. The predicted molar refractivity (Wildman–Crippen MR) is 130 cm³/mol. The van der Waals surface area contributed by atoms with Crippen LogP contribution in [0.5, 0.6) is 5.75 Å². The molecule has 4 rings (SSSR count). The highest BCUT2D eigenvalue weighted by molar-refractivity contribution is 6.09. The molecule has 0 saturated heterocycles. The molecule has 8 heteroatoms. The number of carbonyl (C=O) groups excluding carboxylic acids is 1. The number of nitriles is 1. The number of nitro groups is 1. The van der Waals surface area contributed by atoms with Gasteiger partial charge in [-0.3, -0.25) is 14.9 Å². The molecule has 35 heavy (non-hydrogen) atoms. The number of nitrogens with one attached hydrogen (secondary N) is 1. The number of ether oxygens (including phenoxy) is 1. The first-order valence-electron chi connectivity index (χ1n) is 10.5. The van der Waals surface area contributed by atoms with Gasteiger partial charge in [0.15, 0.2) is 0 Å². The highest BCUT2D eigenvalue weighted by Crippen LogP contribution is 2.23. The van der Waals surface area contributed by atoms with E-state index >= 15 is 0 Å². The summed E-state index contributed by atoms with van der Waals surface area (Å²) in [7, 11) is 0. The molecule has 0 aliphatic rings. The molecule has 1 N–H and O–H groups in total. The van der Waals surface area contributed by atoms with Gasteiger partial charge < -0.3 is 10.1 Å². The van der Waals surface area contributed by atoms with Gasteiger partial charge in [0, 0.05) is 12.1 Å². The van der Waals surface area contributed by atoms with Gasteiger partial charge in [0.2, 0.25) is 0 Å². The zero-order chi connectivity index (χ0) is 24.8. The number of nitrogens with zero attached hydrogens (tertiary/aromatic N) is 2. The van der Waals surface area contributed by atoms with E-state index in [1.165, 1.54) is 6.08 Å². The van der Waals surface area contributed by atoms with E-state index in [0.29, 0.717) is 17.9 Å². The molecule has 1 amide bonds. The SMILES string of the molecule is N#C/C(=C\c1ccc(OCc2cccc3ccccc23)cc1)C(=O)Nc1cc([N+](=O)[O-])ccc1F. The van der Waals surface area contributed by atoms with Gasteiger partial charge in [0.1, 0.15) is 29.8 Å². The van der Waals surface area contributed by atoms with E-state index in [1.807, 2.05) is 42.5 Å². The van der Waals surface area contributed by atoms with E-state index in [4.69, 9.17) is 4.74 Å². The van der Waals surface area contributed by atoms with Crippen molar-refractivity contribution < 1.29 is 18.8 Å². The summed E-state index contributed by atoms with van der Waals surface area (Å²) in [4.78, 5) is 22.6. The van der Waals surface area contributed by atoms with Crippen LogP contribution >= 0.6 is 0 Å². The van der Waals surface area contributed by atoms with Gasteiger partial charge in [0.25, 0.3) is 11.6 Å². The van der Waals surface area contributed by atoms with Crippen molar-refractivity contribution in [3.63, 3.8) is 0 Å². The second-order valence-electron chi connectivity index (χ2n) is 7.54. The second kappa shape index (κ2) is 10.3. The van der Waals surface area contributed by atoms with Crippen LogP contribution in [-0.4, -0.2) is 10.8 Å². The summed E-state index contributed by atoms with van der Waals surface area (Å²) in [5.41, 5.74) is 0.531. The van der Waals surface area contributed by atoms with E-state index in [0.717, 1.165) is 34.5 Å². The third-order valence-corrected chi connectivity index (χ3v) is 5.24. The summed E-state index contributed by atoms with van der Waals surface area (Å²) in [5.74, 6) is -1.13. The van der Waals surface area contributed by atoms with Crippen LogP contribution in [0, 0.1) is 27.3 Å². The van der Waals surface area contributed by atoms with Crippen molar-refractivity contribution in [2.24, 2.45) is 0 Å². The Morgan fingerprint density at radius 3 is 2.54 bits per heavy atom. The Hall–Kier alpha value is -5.03. The summed E-state index contributed by atoms with van der Waals surface area (Å²) in [6, 6.07) is 25.3. The van der Waals surface area contributed by atoms with E-state index < -0.39 is 16.6 Å². The van der Waals surface area contributed by atoms with Gasteiger partial charge in [-0.15, -0.1) is 0 Å². The molecule has 0 aliphatic carbocycles. The zero-order valence-corrected chi connectivity index (χ0v) is 18.3. The van der Waals surface area contributed by atoms with Crippen LogP contribution in [0.1, 0.15) is 11.1 Å². The van der Waals surface area contributed by atoms with Crippen LogP contribution in [0.3, 0.4) is 0 Å². The molecule has 4 aromatic rings. The molecule has 4 aromatic carbocycles. The van der Waals surface area contributed by atoms with E-state index in [1.54, 1.807) is 30.3 Å². The van der Waals surface area contributed by atoms with Gasteiger partial charge in [-0.05, 0) is 46.2 Å². The van der Waals surface area contributed by atoms with Gasteiger partial charge in [0.05, 0.1) is 10.6 Å². The monoisotopic (exact) mass is 467 g/mol. The number of benzene rings is 4. The molecule has 0 unspecified atom stereocenters. The first-order chi connectivity index (χ1) is 16.9. The highest BCUT2D eigenvalue weighted by Gasteiger charge is 2.16. The minimum atomic E-state index is -0.886. The quantitative estimate of drug-likeness (QED) is 0.155. The topological polar surface area (TPSA) is 105 Å². The molecule has 0 aliphatic heterocycles. The average molecular weight is 467 g/mol. The standard InChI is InChI=1S/C27H18FN3O4/c28-25-13-10-22(31(33)34)15-26(25)30-27(32)21(16-29)14-18-8-11-23(12-9-18)35-17-20-6-3-5-19-4-1-2-7-24(19)20/h1-15H,17H2,(H,30,32)/b21-14+. The lowest BCUT2D eigenvalue weighted by molar-refractivity contribution is -0.384. The number of carbonyl (C=O) groups is 1. The molecule has 0 heterocycles. The maximum atomic E-state index is 14.0. The number of hydrogen-bond acceptors (Lipinski definition) is 5. The molecule has 0 saturated carbocycles. The fourth-order valence-corrected chi connectivity index (χ4v) is 3.47. The van der Waals surface area contributed by atoms with Crippen LogP contribution in [0.4, 0.5) is 15.8 Å². The molecular weight excluding hydrogens is 449 g/mol. The summed E-state index contributed by atoms with van der Waals surface area (Å²) >= 11 is 0. The molecular formula is C27H18FN3O4. The molecule has 172 valence electrons. The highest BCUT2D eigenvalue weighted by atomic mass is 19.1. The van der Waals surface area contributed by atoms with Gasteiger partial charge in [-0.2, -0.15) is 5.26 Å². The number of rotatable bonds is 7. The molecule has 0 bridgehead atoms. The van der Waals surface area contributed by atoms with Crippen molar-refractivity contribution in [3.05, 3.63) is 118 Å². The zero-order valence-electron chi connectivity index (χ0n) is 18.3. The number of non-ortho nitro benzene ring substituents is 1.